The molecule has 3 rings (SSSR count). The summed E-state index contributed by atoms with van der Waals surface area (Å²) in [6.07, 6.45) is 1.94. The Morgan fingerprint density at radius 1 is 0.506 bits per heavy atom. The summed E-state index contributed by atoms with van der Waals surface area (Å²) in [5, 5.41) is 16.8. The van der Waals surface area contributed by atoms with E-state index in [1.165, 1.54) is 81.7 Å². The van der Waals surface area contributed by atoms with Gasteiger partial charge in [-0.15, -0.1) is 0 Å². The van der Waals surface area contributed by atoms with Gasteiger partial charge < -0.3 is 51.1 Å². The molecule has 0 aliphatic rings. The second kappa shape index (κ2) is 58.5. The fourth-order valence-electron chi connectivity index (χ4n) is 5.16. The quantitative estimate of drug-likeness (QED) is 0.0577. The molecule has 3 aromatic rings. The second-order valence-corrected chi connectivity index (χ2v) is 13.8. The Balaban J connectivity index is -0.000000154. The van der Waals surface area contributed by atoms with Crippen LogP contribution in [0.1, 0.15) is 99.8 Å². The van der Waals surface area contributed by atoms with Gasteiger partial charge in [0.15, 0.2) is 0 Å². The Kier molecular flexibility index (Phi) is 62.9. The van der Waals surface area contributed by atoms with Gasteiger partial charge in [-0.2, -0.15) is 0 Å². The topological polar surface area (TPSA) is 339 Å². The molecule has 23 nitrogen and oxygen atoms in total. The molecule has 7 N–H and O–H groups in total. The summed E-state index contributed by atoms with van der Waals surface area (Å²) >= 11 is 0. The molecule has 6 amide bonds. The van der Waals surface area contributed by atoms with Crippen LogP contribution in [-0.2, 0) is 95.7 Å². The minimum absolute atomic E-state index is 0.190. The summed E-state index contributed by atoms with van der Waals surface area (Å²) in [5.41, 5.74) is 7.44. The molecule has 3 aromatic carbocycles. The van der Waals surface area contributed by atoms with Gasteiger partial charge in [-0.25, -0.2) is 14.4 Å². The number of hydrogen-bond donors (Lipinski definition) is 6. The van der Waals surface area contributed by atoms with Gasteiger partial charge in [-0.05, 0) is 30.7 Å². The van der Waals surface area contributed by atoms with Gasteiger partial charge in [0.1, 0.15) is 18.1 Å². The Morgan fingerprint density at radius 3 is 0.818 bits per heavy atom. The number of imide groups is 1. The molecule has 0 aliphatic carbocycles. The standard InChI is InChI=1S/3C12H15NO3.C6H11NO2.C4H6O3.C2H5NO.2C2H6.CH5N.CH2O2/c3*1-9(14)13-11(12(15)16-2)8-10-6-4-3-5-7-10;1-4-7(5(2)8)6(3)9;1-3(5)7-4(2)6;1-3-2-4;3*1-2;2-1-3/h3*3-7,11H,8H2,1-2H3,(H,13,14);4H2,1-3H3;1-2H3;2H,1H3,(H,3,4);2*1-2H3;2H2,1H3;1H,(H,2,3). The van der Waals surface area contributed by atoms with Crippen molar-refractivity contribution in [2.24, 2.45) is 5.73 Å². The molecule has 0 fully saturated rings. The Hall–Kier alpha value is -8.34. The fraction of sp³-hybridized carbons (Fsp3) is 0.444. The molecule has 3 unspecified atom stereocenters. The van der Waals surface area contributed by atoms with Crippen molar-refractivity contribution in [3.8, 4) is 0 Å². The maximum absolute atomic E-state index is 11.4. The van der Waals surface area contributed by atoms with E-state index >= 15 is 0 Å². The SMILES string of the molecule is CC.CC.CC(=O)OC(C)=O.CCN(C(C)=O)C(C)=O.CN.CNC=O.COC(=O)C(Cc1ccccc1)NC(C)=O.COC(=O)C(Cc1ccccc1)NC(C)=O.COC(=O)C(Cc1ccccc1)NC(C)=O.O=CO. The summed E-state index contributed by atoms with van der Waals surface area (Å²) in [6, 6.07) is 26.6. The zero-order valence-corrected chi connectivity index (χ0v) is 47.9. The first-order valence-corrected chi connectivity index (χ1v) is 23.9. The Morgan fingerprint density at radius 2 is 0.714 bits per heavy atom. The molecule has 3 atom stereocenters. The van der Waals surface area contributed by atoms with Crippen molar-refractivity contribution in [2.75, 3.05) is 42.0 Å². The first-order valence-electron chi connectivity index (χ1n) is 23.9. The number of carboxylic acid groups (broad SMARTS) is 1. The van der Waals surface area contributed by atoms with Crippen LogP contribution in [0.4, 0.5) is 0 Å². The molecule has 0 saturated carbocycles. The number of amides is 6. The zero-order valence-electron chi connectivity index (χ0n) is 47.9. The summed E-state index contributed by atoms with van der Waals surface area (Å²) in [7, 11) is 6.99. The normalized spacial score (nSPS) is 9.64. The largest absolute Gasteiger partial charge is 0.483 e. The maximum atomic E-state index is 11.4. The Bertz CT molecular complexity index is 1860. The van der Waals surface area contributed by atoms with E-state index < -0.39 is 48.0 Å². The number of rotatable bonds is 14. The van der Waals surface area contributed by atoms with E-state index in [2.05, 4.69) is 45.9 Å². The first-order chi connectivity index (χ1) is 36.4. The lowest BCUT2D eigenvalue weighted by Gasteiger charge is -2.15. The molecule has 0 aliphatic heterocycles. The highest BCUT2D eigenvalue weighted by Gasteiger charge is 2.22. The summed E-state index contributed by atoms with van der Waals surface area (Å²) in [6.45, 7) is 19.2. The van der Waals surface area contributed by atoms with Crippen LogP contribution in [-0.4, -0.2) is 142 Å². The van der Waals surface area contributed by atoms with E-state index in [-0.39, 0.29) is 36.0 Å². The van der Waals surface area contributed by atoms with Gasteiger partial charge >= 0.3 is 29.8 Å². The molecular formula is C54H86N6O17. The zero-order chi connectivity index (χ0) is 61.3. The molecule has 0 heterocycles. The van der Waals surface area contributed by atoms with Crippen molar-refractivity contribution in [3.05, 3.63) is 108 Å². The van der Waals surface area contributed by atoms with Crippen LogP contribution in [0.3, 0.4) is 0 Å². The summed E-state index contributed by atoms with van der Waals surface area (Å²) < 4.78 is 17.9. The molecule has 77 heavy (non-hydrogen) atoms. The van der Waals surface area contributed by atoms with Crippen LogP contribution in [0.15, 0.2) is 91.0 Å². The molecular weight excluding hydrogens is 1000 g/mol. The van der Waals surface area contributed by atoms with Crippen molar-refractivity contribution in [2.45, 2.75) is 120 Å². The van der Waals surface area contributed by atoms with Crippen LogP contribution < -0.4 is 27.0 Å². The second-order valence-electron chi connectivity index (χ2n) is 13.8. The first kappa shape index (κ1) is 82.7. The van der Waals surface area contributed by atoms with Crippen molar-refractivity contribution in [1.82, 2.24) is 26.2 Å². The highest BCUT2D eigenvalue weighted by atomic mass is 16.6. The van der Waals surface area contributed by atoms with Crippen LogP contribution in [0.2, 0.25) is 0 Å². The van der Waals surface area contributed by atoms with E-state index in [0.29, 0.717) is 32.2 Å². The number of nitrogens with two attached hydrogens (primary N) is 1. The van der Waals surface area contributed by atoms with Crippen molar-refractivity contribution in [1.29, 1.82) is 0 Å². The lowest BCUT2D eigenvalue weighted by atomic mass is 10.1. The number of esters is 5. The van der Waals surface area contributed by atoms with Crippen LogP contribution >= 0.6 is 0 Å². The van der Waals surface area contributed by atoms with Crippen molar-refractivity contribution in [3.63, 3.8) is 0 Å². The number of carbonyl (C=O) groups excluding carboxylic acids is 11. The van der Waals surface area contributed by atoms with E-state index in [1.807, 2.05) is 119 Å². The van der Waals surface area contributed by atoms with Crippen molar-refractivity contribution >= 4 is 72.3 Å². The summed E-state index contributed by atoms with van der Waals surface area (Å²) in [5.74, 6) is -3.53. The number of ether oxygens (including phenoxy) is 4. The number of nitrogens with zero attached hydrogens (tertiary/aromatic N) is 1. The van der Waals surface area contributed by atoms with E-state index in [0.717, 1.165) is 16.7 Å². The van der Waals surface area contributed by atoms with Crippen molar-refractivity contribution < 1.29 is 81.6 Å². The van der Waals surface area contributed by atoms with Gasteiger partial charge in [0.25, 0.3) is 6.47 Å². The van der Waals surface area contributed by atoms with Crippen LogP contribution in [0, 0.1) is 0 Å². The summed E-state index contributed by atoms with van der Waals surface area (Å²) in [4.78, 5) is 126. The molecule has 0 saturated heterocycles. The fourth-order valence-corrected chi connectivity index (χ4v) is 5.16. The molecule has 0 bridgehead atoms. The third-order valence-electron chi connectivity index (χ3n) is 7.92. The number of methoxy groups -OCH3 is 3. The van der Waals surface area contributed by atoms with Gasteiger partial charge in [-0.3, -0.25) is 48.1 Å². The number of nitrogens with one attached hydrogen (secondary N) is 4. The van der Waals surface area contributed by atoms with E-state index in [9.17, 15) is 47.9 Å². The predicted octanol–water partition coefficient (Wildman–Crippen LogP) is 3.91. The maximum Gasteiger partial charge on any atom is 0.328 e. The average molecular weight is 1090 g/mol. The number of hydrogen-bond acceptors (Lipinski definition) is 17. The lowest BCUT2D eigenvalue weighted by molar-refractivity contribution is -0.156. The lowest BCUT2D eigenvalue weighted by Crippen LogP contribution is -2.41. The van der Waals surface area contributed by atoms with E-state index in [4.69, 9.17) is 14.7 Å². The molecule has 434 valence electrons. The third kappa shape index (κ3) is 55.3. The van der Waals surface area contributed by atoms with Gasteiger partial charge in [0.05, 0.1) is 21.3 Å². The molecule has 23 heteroatoms. The predicted molar refractivity (Wildman–Crippen MR) is 292 cm³/mol. The Labute approximate surface area is 454 Å². The minimum atomic E-state index is -0.620. The highest BCUT2D eigenvalue weighted by Crippen LogP contribution is 2.07. The highest BCUT2D eigenvalue weighted by molar-refractivity contribution is 5.92. The smallest absolute Gasteiger partial charge is 0.328 e. The van der Waals surface area contributed by atoms with Crippen LogP contribution in [0.25, 0.3) is 0 Å². The molecule has 0 radical (unpaired) electrons. The molecule has 0 aromatic heterocycles. The number of carbonyl (C=O) groups is 12. The third-order valence-corrected chi connectivity index (χ3v) is 7.92. The monoisotopic (exact) mass is 1090 g/mol. The van der Waals surface area contributed by atoms with E-state index in [1.54, 1.807) is 14.0 Å². The minimum Gasteiger partial charge on any atom is -0.483 e. The number of benzene rings is 3. The average Bonchev–Trinajstić information content (AvgIpc) is 3.40. The van der Waals surface area contributed by atoms with Gasteiger partial charge in [-0.1, -0.05) is 119 Å². The van der Waals surface area contributed by atoms with Gasteiger partial charge in [0.2, 0.25) is 35.9 Å². The van der Waals surface area contributed by atoms with Crippen LogP contribution in [0.5, 0.6) is 0 Å². The molecule has 0 spiro atoms. The van der Waals surface area contributed by atoms with Gasteiger partial charge in [0, 0.05) is 81.3 Å².